The fraction of sp³-hybridized carbons (Fsp3) is 0.308. The summed E-state index contributed by atoms with van der Waals surface area (Å²) in [7, 11) is 0. The second kappa shape index (κ2) is 5.71. The van der Waals surface area contributed by atoms with Crippen LogP contribution in [0, 0.1) is 6.92 Å². The number of hydrogen-bond acceptors (Lipinski definition) is 5. The number of rotatable bonds is 4. The number of thiazole rings is 1. The monoisotopic (exact) mass is 294 g/mol. The molecule has 1 aromatic heterocycles. The molecule has 2 rings (SSSR count). The van der Waals surface area contributed by atoms with Gasteiger partial charge in [-0.15, -0.1) is 11.3 Å². The Hall–Kier alpha value is -1.40. The van der Waals surface area contributed by atoms with Crippen molar-refractivity contribution in [2.24, 2.45) is 0 Å². The summed E-state index contributed by atoms with van der Waals surface area (Å²) in [5.41, 5.74) is 2.63. The highest BCUT2D eigenvalue weighted by Gasteiger charge is 2.10. The largest absolute Gasteiger partial charge is 0.325 e. The number of benzene rings is 1. The lowest BCUT2D eigenvalue weighted by Crippen LogP contribution is -2.15. The lowest BCUT2D eigenvalue weighted by molar-refractivity contribution is -0.124. The zero-order valence-corrected chi connectivity index (χ0v) is 12.6. The summed E-state index contributed by atoms with van der Waals surface area (Å²) in [6, 6.07) is 3.87. The average molecular weight is 294 g/mol. The van der Waals surface area contributed by atoms with Crippen molar-refractivity contribution in [3.8, 4) is 0 Å². The molecule has 6 heteroatoms. The third-order valence-corrected chi connectivity index (χ3v) is 4.58. The number of anilines is 1. The number of aryl methyl sites for hydroxylation is 1. The molecule has 0 bridgehead atoms. The highest BCUT2D eigenvalue weighted by Crippen LogP contribution is 2.31. The van der Waals surface area contributed by atoms with Crippen LogP contribution in [0.3, 0.4) is 0 Å². The Balaban J connectivity index is 2.30. The smallest absolute Gasteiger partial charge is 0.231 e. The van der Waals surface area contributed by atoms with Crippen molar-refractivity contribution in [3.05, 3.63) is 17.7 Å². The van der Waals surface area contributed by atoms with Gasteiger partial charge in [0.15, 0.2) is 4.34 Å². The predicted molar refractivity (Wildman–Crippen MR) is 80.1 cm³/mol. The van der Waals surface area contributed by atoms with E-state index in [1.807, 2.05) is 25.3 Å². The van der Waals surface area contributed by atoms with Gasteiger partial charge in [-0.25, -0.2) is 4.98 Å². The molecule has 0 aliphatic heterocycles. The van der Waals surface area contributed by atoms with Crippen LogP contribution in [0.2, 0.25) is 0 Å². The van der Waals surface area contributed by atoms with Crippen LogP contribution in [0.4, 0.5) is 5.69 Å². The first-order valence-corrected chi connectivity index (χ1v) is 7.78. The maximum absolute atomic E-state index is 11.6. The fourth-order valence-corrected chi connectivity index (χ4v) is 3.21. The van der Waals surface area contributed by atoms with Gasteiger partial charge < -0.3 is 5.32 Å². The van der Waals surface area contributed by atoms with Crippen LogP contribution >= 0.6 is 23.1 Å². The number of ketones is 1. The Morgan fingerprint density at radius 2 is 2.16 bits per heavy atom. The van der Waals surface area contributed by atoms with E-state index in [0.717, 1.165) is 25.8 Å². The Kier molecular flexibility index (Phi) is 4.21. The van der Waals surface area contributed by atoms with Crippen molar-refractivity contribution >= 4 is 50.7 Å². The summed E-state index contributed by atoms with van der Waals surface area (Å²) < 4.78 is 2.04. The quantitative estimate of drug-likeness (QED) is 0.694. The fourth-order valence-electron chi connectivity index (χ4n) is 1.70. The maximum Gasteiger partial charge on any atom is 0.231 e. The number of aromatic nitrogens is 1. The van der Waals surface area contributed by atoms with E-state index in [-0.39, 0.29) is 18.1 Å². The topological polar surface area (TPSA) is 59.1 Å². The highest BCUT2D eigenvalue weighted by atomic mass is 32.2. The number of carbonyl (C=O) groups is 2. The van der Waals surface area contributed by atoms with E-state index in [0.29, 0.717) is 0 Å². The molecule has 0 saturated heterocycles. The molecule has 0 spiro atoms. The zero-order chi connectivity index (χ0) is 14.0. The minimum absolute atomic E-state index is 0.0871. The number of amides is 1. The standard InChI is InChI=1S/C13H14N2O2S2/c1-7-4-10-11(19-13(15-10)18-3)6-9(7)14-12(17)5-8(2)16/h4,6H,5H2,1-3H3,(H,14,17). The van der Waals surface area contributed by atoms with E-state index in [1.165, 1.54) is 6.92 Å². The molecule has 0 atom stereocenters. The molecule has 1 N–H and O–H groups in total. The van der Waals surface area contributed by atoms with Gasteiger partial charge in [0, 0.05) is 5.69 Å². The molecule has 2 aromatic rings. The van der Waals surface area contributed by atoms with E-state index in [1.54, 1.807) is 23.1 Å². The van der Waals surface area contributed by atoms with Crippen molar-refractivity contribution in [1.82, 2.24) is 4.98 Å². The molecule has 4 nitrogen and oxygen atoms in total. The summed E-state index contributed by atoms with van der Waals surface area (Å²) in [6.07, 6.45) is 1.90. The third kappa shape index (κ3) is 3.33. The number of hydrogen-bond donors (Lipinski definition) is 1. The van der Waals surface area contributed by atoms with E-state index >= 15 is 0 Å². The van der Waals surface area contributed by atoms with Gasteiger partial charge in [0.2, 0.25) is 5.91 Å². The molecule has 0 fully saturated rings. The van der Waals surface area contributed by atoms with Gasteiger partial charge in [-0.3, -0.25) is 9.59 Å². The van der Waals surface area contributed by atoms with Crippen molar-refractivity contribution in [1.29, 1.82) is 0 Å². The molecule has 0 saturated carbocycles. The Bertz CT molecular complexity index is 649. The van der Waals surface area contributed by atoms with Crippen molar-refractivity contribution in [3.63, 3.8) is 0 Å². The predicted octanol–water partition coefficient (Wildman–Crippen LogP) is 3.24. The number of Topliss-reactive ketones (excluding diaryl/α,β-unsaturated/α-hetero) is 1. The van der Waals surface area contributed by atoms with Gasteiger partial charge in [0.1, 0.15) is 5.78 Å². The van der Waals surface area contributed by atoms with Crippen LogP contribution in [0.15, 0.2) is 16.5 Å². The molecule has 19 heavy (non-hydrogen) atoms. The Labute approximate surface area is 119 Å². The summed E-state index contributed by atoms with van der Waals surface area (Å²) >= 11 is 3.20. The number of thioether (sulfide) groups is 1. The maximum atomic E-state index is 11.6. The van der Waals surface area contributed by atoms with E-state index in [4.69, 9.17) is 0 Å². The Morgan fingerprint density at radius 1 is 1.42 bits per heavy atom. The lowest BCUT2D eigenvalue weighted by atomic mass is 10.2. The minimum Gasteiger partial charge on any atom is -0.325 e. The summed E-state index contributed by atoms with van der Waals surface area (Å²) in [6.45, 7) is 3.32. The number of nitrogens with zero attached hydrogens (tertiary/aromatic N) is 1. The van der Waals surface area contributed by atoms with E-state index < -0.39 is 0 Å². The SMILES string of the molecule is CSc1nc2cc(C)c(NC(=O)CC(C)=O)cc2s1. The van der Waals surface area contributed by atoms with Gasteiger partial charge in [0.25, 0.3) is 0 Å². The zero-order valence-electron chi connectivity index (χ0n) is 10.9. The molecule has 100 valence electrons. The van der Waals surface area contributed by atoms with Gasteiger partial charge in [-0.2, -0.15) is 0 Å². The van der Waals surface area contributed by atoms with Crippen LogP contribution in [0.25, 0.3) is 10.2 Å². The second-order valence-electron chi connectivity index (χ2n) is 4.25. The first kappa shape index (κ1) is 14.0. The normalized spacial score (nSPS) is 10.7. The molecule has 0 aliphatic rings. The molecule has 1 amide bonds. The summed E-state index contributed by atoms with van der Waals surface area (Å²) in [4.78, 5) is 27.0. The highest BCUT2D eigenvalue weighted by molar-refractivity contribution is 8.00. The molecule has 0 unspecified atom stereocenters. The van der Waals surface area contributed by atoms with E-state index in [9.17, 15) is 9.59 Å². The Morgan fingerprint density at radius 3 is 2.79 bits per heavy atom. The first-order chi connectivity index (χ1) is 8.99. The number of carbonyl (C=O) groups excluding carboxylic acids is 2. The van der Waals surface area contributed by atoms with E-state index in [2.05, 4.69) is 10.3 Å². The summed E-state index contributed by atoms with van der Waals surface area (Å²) in [5, 5.41) is 2.77. The van der Waals surface area contributed by atoms with Crippen molar-refractivity contribution in [2.75, 3.05) is 11.6 Å². The molecule has 0 radical (unpaired) electrons. The molecule has 1 heterocycles. The van der Waals surface area contributed by atoms with Crippen LogP contribution in [-0.4, -0.2) is 22.9 Å². The molecule has 0 aliphatic carbocycles. The van der Waals surface area contributed by atoms with Crippen LogP contribution in [-0.2, 0) is 9.59 Å². The average Bonchev–Trinajstić information content (AvgIpc) is 2.70. The molecular weight excluding hydrogens is 280 g/mol. The van der Waals surface area contributed by atoms with Crippen LogP contribution < -0.4 is 5.32 Å². The van der Waals surface area contributed by atoms with Gasteiger partial charge >= 0.3 is 0 Å². The molecular formula is C13H14N2O2S2. The third-order valence-electron chi connectivity index (χ3n) is 2.57. The second-order valence-corrected chi connectivity index (χ2v) is 6.33. The number of nitrogens with one attached hydrogen (secondary N) is 1. The minimum atomic E-state index is -0.274. The van der Waals surface area contributed by atoms with Crippen LogP contribution in [0.1, 0.15) is 18.9 Å². The summed E-state index contributed by atoms with van der Waals surface area (Å²) in [5.74, 6) is -0.414. The van der Waals surface area contributed by atoms with Gasteiger partial charge in [-0.05, 0) is 37.8 Å². The van der Waals surface area contributed by atoms with Crippen molar-refractivity contribution < 1.29 is 9.59 Å². The van der Waals surface area contributed by atoms with Crippen molar-refractivity contribution in [2.45, 2.75) is 24.6 Å². The van der Waals surface area contributed by atoms with Crippen LogP contribution in [0.5, 0.6) is 0 Å². The van der Waals surface area contributed by atoms with Gasteiger partial charge in [-0.1, -0.05) is 11.8 Å². The van der Waals surface area contributed by atoms with Gasteiger partial charge in [0.05, 0.1) is 16.6 Å². The lowest BCUT2D eigenvalue weighted by Gasteiger charge is -2.07. The number of fused-ring (bicyclic) bond motifs is 1. The molecule has 1 aromatic carbocycles. The first-order valence-electron chi connectivity index (χ1n) is 5.74.